The Balaban J connectivity index is 2.16. The Morgan fingerprint density at radius 1 is 1.14 bits per heavy atom. The van der Waals surface area contributed by atoms with Gasteiger partial charge < -0.3 is 10.1 Å². The summed E-state index contributed by atoms with van der Waals surface area (Å²) in [5.41, 5.74) is 2.68. The van der Waals surface area contributed by atoms with Gasteiger partial charge in [0.2, 0.25) is 0 Å². The molecule has 0 bridgehead atoms. The molecule has 2 aromatic carbocycles. The molecule has 0 atom stereocenters. The number of alkyl halides is 2. The number of ether oxygens (including phenoxy) is 1. The van der Waals surface area contributed by atoms with E-state index in [0.717, 1.165) is 20.2 Å². The first-order valence-corrected chi connectivity index (χ1v) is 7.77. The van der Waals surface area contributed by atoms with E-state index in [0.29, 0.717) is 12.1 Å². The minimum absolute atomic E-state index is 0.170. The van der Waals surface area contributed by atoms with Crippen LogP contribution in [-0.2, 0) is 6.54 Å². The maximum Gasteiger partial charge on any atom is 0.387 e. The van der Waals surface area contributed by atoms with Crippen molar-refractivity contribution in [3.05, 3.63) is 56.5 Å². The molecule has 0 fully saturated rings. The van der Waals surface area contributed by atoms with E-state index in [-0.39, 0.29) is 5.75 Å². The third-order valence-electron chi connectivity index (χ3n) is 2.83. The molecule has 2 aromatic rings. The number of aryl methyl sites for hydroxylation is 1. The summed E-state index contributed by atoms with van der Waals surface area (Å²) < 4.78 is 31.1. The van der Waals surface area contributed by atoms with Gasteiger partial charge in [0.25, 0.3) is 0 Å². The number of rotatable bonds is 5. The molecule has 1 N–H and O–H groups in total. The smallest absolute Gasteiger partial charge is 0.387 e. The van der Waals surface area contributed by atoms with Crippen LogP contribution in [0.3, 0.4) is 0 Å². The highest BCUT2D eigenvalue weighted by Gasteiger charge is 2.10. The Bertz CT molecular complexity index is 635. The third kappa shape index (κ3) is 4.68. The molecule has 0 saturated carbocycles. The molecule has 0 aromatic heterocycles. The van der Waals surface area contributed by atoms with Crippen molar-refractivity contribution in [2.24, 2.45) is 0 Å². The Labute approximate surface area is 138 Å². The molecule has 6 heteroatoms. The lowest BCUT2D eigenvalue weighted by atomic mass is 10.2. The highest BCUT2D eigenvalue weighted by atomic mass is 79.9. The van der Waals surface area contributed by atoms with Crippen LogP contribution in [0, 0.1) is 6.92 Å². The van der Waals surface area contributed by atoms with E-state index >= 15 is 0 Å². The van der Waals surface area contributed by atoms with Crippen molar-refractivity contribution in [1.82, 2.24) is 0 Å². The van der Waals surface area contributed by atoms with Crippen LogP contribution in [0.25, 0.3) is 0 Å². The molecule has 0 radical (unpaired) electrons. The van der Waals surface area contributed by atoms with E-state index in [1.54, 1.807) is 12.1 Å². The van der Waals surface area contributed by atoms with Crippen LogP contribution in [0.1, 0.15) is 11.1 Å². The maximum atomic E-state index is 12.4. The normalized spacial score (nSPS) is 10.8. The fourth-order valence-electron chi connectivity index (χ4n) is 1.85. The fraction of sp³-hybridized carbons (Fsp3) is 0.200. The standard InChI is InChI=1S/C15H13Br2F2NO/c1-9-2-4-13(12(17)6-9)20-8-10-7-11(16)3-5-14(10)21-15(18)19/h2-7,15,20H,8H2,1H3. The Morgan fingerprint density at radius 3 is 2.57 bits per heavy atom. The Kier molecular flexibility index (Phi) is 5.58. The lowest BCUT2D eigenvalue weighted by Gasteiger charge is -2.14. The van der Waals surface area contributed by atoms with Crippen LogP contribution in [0.5, 0.6) is 5.75 Å². The van der Waals surface area contributed by atoms with E-state index in [4.69, 9.17) is 0 Å². The quantitative estimate of drug-likeness (QED) is 0.666. The molecule has 0 aliphatic rings. The van der Waals surface area contributed by atoms with E-state index in [2.05, 4.69) is 41.9 Å². The predicted octanol–water partition coefficient (Wildman–Crippen LogP) is 5.73. The van der Waals surface area contributed by atoms with Gasteiger partial charge in [-0.15, -0.1) is 0 Å². The number of halogens is 4. The SMILES string of the molecule is Cc1ccc(NCc2cc(Br)ccc2OC(F)F)c(Br)c1. The second kappa shape index (κ2) is 7.22. The summed E-state index contributed by atoms with van der Waals surface area (Å²) in [6.07, 6.45) is 0. The average molecular weight is 421 g/mol. The molecule has 112 valence electrons. The van der Waals surface area contributed by atoms with Gasteiger partial charge in [0.15, 0.2) is 0 Å². The van der Waals surface area contributed by atoms with Gasteiger partial charge in [0.1, 0.15) is 5.75 Å². The van der Waals surface area contributed by atoms with Crippen molar-refractivity contribution in [2.45, 2.75) is 20.1 Å². The Morgan fingerprint density at radius 2 is 1.90 bits per heavy atom. The van der Waals surface area contributed by atoms with Gasteiger partial charge >= 0.3 is 6.61 Å². The van der Waals surface area contributed by atoms with Crippen molar-refractivity contribution in [3.8, 4) is 5.75 Å². The fourth-order valence-corrected chi connectivity index (χ4v) is 2.89. The monoisotopic (exact) mass is 419 g/mol. The van der Waals surface area contributed by atoms with Gasteiger partial charge in [-0.1, -0.05) is 22.0 Å². The van der Waals surface area contributed by atoms with Gasteiger partial charge in [0.05, 0.1) is 0 Å². The minimum Gasteiger partial charge on any atom is -0.434 e. The van der Waals surface area contributed by atoms with Crippen molar-refractivity contribution in [1.29, 1.82) is 0 Å². The zero-order valence-corrected chi connectivity index (χ0v) is 14.3. The zero-order chi connectivity index (χ0) is 15.4. The molecule has 0 unspecified atom stereocenters. The molecule has 0 aliphatic carbocycles. The molecule has 21 heavy (non-hydrogen) atoms. The first kappa shape index (κ1) is 16.2. The van der Waals surface area contributed by atoms with Crippen LogP contribution in [0.2, 0.25) is 0 Å². The topological polar surface area (TPSA) is 21.3 Å². The summed E-state index contributed by atoms with van der Waals surface area (Å²) in [7, 11) is 0. The minimum atomic E-state index is -2.84. The van der Waals surface area contributed by atoms with Crippen LogP contribution < -0.4 is 10.1 Å². The molecular formula is C15H13Br2F2NO. The largest absolute Gasteiger partial charge is 0.434 e. The number of hydrogen-bond donors (Lipinski definition) is 1. The highest BCUT2D eigenvalue weighted by molar-refractivity contribution is 9.10. The summed E-state index contributed by atoms with van der Waals surface area (Å²) in [4.78, 5) is 0. The van der Waals surface area contributed by atoms with Crippen molar-refractivity contribution in [2.75, 3.05) is 5.32 Å². The number of benzene rings is 2. The van der Waals surface area contributed by atoms with Crippen LogP contribution >= 0.6 is 31.9 Å². The average Bonchev–Trinajstić information content (AvgIpc) is 2.40. The molecular weight excluding hydrogens is 408 g/mol. The van der Waals surface area contributed by atoms with Crippen LogP contribution in [0.4, 0.5) is 14.5 Å². The highest BCUT2D eigenvalue weighted by Crippen LogP contribution is 2.28. The lowest BCUT2D eigenvalue weighted by molar-refractivity contribution is -0.0504. The lowest BCUT2D eigenvalue weighted by Crippen LogP contribution is -2.07. The molecule has 2 nitrogen and oxygen atoms in total. The summed E-state index contributed by atoms with van der Waals surface area (Å²) in [6.45, 7) is -0.461. The van der Waals surface area contributed by atoms with Gasteiger partial charge in [-0.3, -0.25) is 0 Å². The molecule has 0 saturated heterocycles. The predicted molar refractivity (Wildman–Crippen MR) is 87.0 cm³/mol. The third-order valence-corrected chi connectivity index (χ3v) is 3.98. The summed E-state index contributed by atoms with van der Waals surface area (Å²) >= 11 is 6.80. The Hall–Kier alpha value is -1.14. The summed E-state index contributed by atoms with van der Waals surface area (Å²) in [6, 6.07) is 10.8. The molecule has 0 aliphatic heterocycles. The molecule has 0 heterocycles. The van der Waals surface area contributed by atoms with E-state index < -0.39 is 6.61 Å². The number of nitrogens with one attached hydrogen (secondary N) is 1. The number of anilines is 1. The van der Waals surface area contributed by atoms with Gasteiger partial charge in [-0.05, 0) is 58.7 Å². The molecule has 2 rings (SSSR count). The summed E-state index contributed by atoms with van der Waals surface area (Å²) in [5.74, 6) is 0.170. The van der Waals surface area contributed by atoms with E-state index in [9.17, 15) is 8.78 Å². The van der Waals surface area contributed by atoms with Crippen LogP contribution in [0.15, 0.2) is 45.3 Å². The van der Waals surface area contributed by atoms with Crippen molar-refractivity contribution in [3.63, 3.8) is 0 Å². The van der Waals surface area contributed by atoms with E-state index in [1.807, 2.05) is 25.1 Å². The van der Waals surface area contributed by atoms with E-state index in [1.165, 1.54) is 6.07 Å². The zero-order valence-electron chi connectivity index (χ0n) is 11.2. The van der Waals surface area contributed by atoms with Gasteiger partial charge in [-0.2, -0.15) is 8.78 Å². The molecule has 0 spiro atoms. The second-order valence-electron chi connectivity index (χ2n) is 4.47. The number of hydrogen-bond acceptors (Lipinski definition) is 2. The van der Waals surface area contributed by atoms with Gasteiger partial charge in [-0.25, -0.2) is 0 Å². The second-order valence-corrected chi connectivity index (χ2v) is 6.24. The van der Waals surface area contributed by atoms with Crippen molar-refractivity contribution < 1.29 is 13.5 Å². The maximum absolute atomic E-state index is 12.4. The van der Waals surface area contributed by atoms with Crippen molar-refractivity contribution >= 4 is 37.5 Å². The first-order chi connectivity index (χ1) is 9.95. The molecule has 0 amide bonds. The van der Waals surface area contributed by atoms with Crippen LogP contribution in [-0.4, -0.2) is 6.61 Å². The van der Waals surface area contributed by atoms with Gasteiger partial charge in [0, 0.05) is 26.7 Å². The first-order valence-electron chi connectivity index (χ1n) is 6.19. The summed E-state index contributed by atoms with van der Waals surface area (Å²) in [5, 5.41) is 3.20.